The number of hydrogen-bond acceptors (Lipinski definition) is 5. The second kappa shape index (κ2) is 11.6. The number of benzene rings is 2. The van der Waals surface area contributed by atoms with Gasteiger partial charge in [-0.3, -0.25) is 9.59 Å². The van der Waals surface area contributed by atoms with E-state index < -0.39 is 21.8 Å². The third kappa shape index (κ3) is 6.61. The molecule has 2 amide bonds. The molecule has 168 valence electrons. The fourth-order valence-electron chi connectivity index (χ4n) is 3.09. The molecule has 0 aliphatic rings. The molecule has 0 fully saturated rings. The maximum absolute atomic E-state index is 12.6. The molecule has 1 unspecified atom stereocenters. The van der Waals surface area contributed by atoms with E-state index in [1.54, 1.807) is 13.8 Å². The number of nitrogens with zero attached hydrogens (tertiary/aromatic N) is 1. The van der Waals surface area contributed by atoms with Crippen molar-refractivity contribution < 1.29 is 23.1 Å². The van der Waals surface area contributed by atoms with Crippen molar-refractivity contribution in [3.8, 4) is 0 Å². The first-order chi connectivity index (χ1) is 14.8. The van der Waals surface area contributed by atoms with Gasteiger partial charge in [0.05, 0.1) is 18.0 Å². The Morgan fingerprint density at radius 1 is 1.00 bits per heavy atom. The summed E-state index contributed by atoms with van der Waals surface area (Å²) in [4.78, 5) is 24.6. The molecular weight excluding hydrogens is 418 g/mol. The van der Waals surface area contributed by atoms with Crippen LogP contribution < -0.4 is 10.6 Å². The van der Waals surface area contributed by atoms with E-state index in [0.29, 0.717) is 13.1 Å². The monoisotopic (exact) mass is 447 g/mol. The number of sulfonamides is 1. The van der Waals surface area contributed by atoms with Gasteiger partial charge >= 0.3 is 0 Å². The Kier molecular flexibility index (Phi) is 9.17. The molecule has 0 aliphatic heterocycles. The van der Waals surface area contributed by atoms with Crippen LogP contribution >= 0.6 is 0 Å². The number of aliphatic hydroxyl groups is 1. The standard InChI is InChI=1S/C22H29N3O5S/c1-3-25(4-2)31(29,30)20-12-8-11-18(13-20)22(28)24-15-21(27)23-14-19(16-26)17-9-6-5-7-10-17/h5-13,19,26H,3-4,14-16H2,1-2H3,(H,23,27)(H,24,28). The molecule has 2 aromatic rings. The first-order valence-corrected chi connectivity index (χ1v) is 11.6. The number of rotatable bonds is 11. The minimum Gasteiger partial charge on any atom is -0.396 e. The van der Waals surface area contributed by atoms with Gasteiger partial charge in [0.1, 0.15) is 0 Å². The first-order valence-electron chi connectivity index (χ1n) is 10.1. The highest BCUT2D eigenvalue weighted by atomic mass is 32.2. The highest BCUT2D eigenvalue weighted by Gasteiger charge is 2.22. The van der Waals surface area contributed by atoms with Crippen molar-refractivity contribution in [3.63, 3.8) is 0 Å². The van der Waals surface area contributed by atoms with E-state index in [1.165, 1.54) is 28.6 Å². The Hall–Kier alpha value is -2.75. The lowest BCUT2D eigenvalue weighted by atomic mass is 10.0. The van der Waals surface area contributed by atoms with Crippen LogP contribution in [0.1, 0.15) is 35.7 Å². The minimum atomic E-state index is -3.69. The van der Waals surface area contributed by atoms with Gasteiger partial charge in [0.2, 0.25) is 15.9 Å². The fourth-order valence-corrected chi connectivity index (χ4v) is 4.59. The van der Waals surface area contributed by atoms with Gasteiger partial charge in [0, 0.05) is 31.1 Å². The van der Waals surface area contributed by atoms with Gasteiger partial charge < -0.3 is 15.7 Å². The van der Waals surface area contributed by atoms with Gasteiger partial charge in [-0.05, 0) is 23.8 Å². The zero-order valence-electron chi connectivity index (χ0n) is 17.7. The number of hydrogen-bond donors (Lipinski definition) is 3. The van der Waals surface area contributed by atoms with Crippen molar-refractivity contribution in [2.75, 3.05) is 32.8 Å². The van der Waals surface area contributed by atoms with Gasteiger partial charge in [0.25, 0.3) is 5.91 Å². The van der Waals surface area contributed by atoms with Gasteiger partial charge in [-0.2, -0.15) is 4.31 Å². The van der Waals surface area contributed by atoms with Crippen LogP contribution in [-0.4, -0.2) is 62.4 Å². The molecule has 2 aromatic carbocycles. The highest BCUT2D eigenvalue weighted by molar-refractivity contribution is 7.89. The smallest absolute Gasteiger partial charge is 0.251 e. The predicted octanol–water partition coefficient (Wildman–Crippen LogP) is 1.34. The zero-order chi connectivity index (χ0) is 22.9. The topological polar surface area (TPSA) is 116 Å². The molecule has 3 N–H and O–H groups in total. The summed E-state index contributed by atoms with van der Waals surface area (Å²) in [5.41, 5.74) is 1.05. The lowest BCUT2D eigenvalue weighted by molar-refractivity contribution is -0.120. The van der Waals surface area contributed by atoms with E-state index in [2.05, 4.69) is 10.6 Å². The van der Waals surface area contributed by atoms with Gasteiger partial charge in [-0.25, -0.2) is 8.42 Å². The molecule has 8 nitrogen and oxygen atoms in total. The lowest BCUT2D eigenvalue weighted by Gasteiger charge is -2.18. The first kappa shape index (κ1) is 24.5. The summed E-state index contributed by atoms with van der Waals surface area (Å²) < 4.78 is 26.6. The molecule has 0 saturated heterocycles. The lowest BCUT2D eigenvalue weighted by Crippen LogP contribution is -2.39. The summed E-state index contributed by atoms with van der Waals surface area (Å²) in [5, 5.41) is 14.7. The maximum atomic E-state index is 12.6. The molecule has 31 heavy (non-hydrogen) atoms. The summed E-state index contributed by atoms with van der Waals surface area (Å²) in [6.45, 7) is 3.99. The second-order valence-corrected chi connectivity index (χ2v) is 8.83. The molecule has 0 spiro atoms. The largest absolute Gasteiger partial charge is 0.396 e. The summed E-state index contributed by atoms with van der Waals surface area (Å²) in [6, 6.07) is 15.1. The van der Waals surface area contributed by atoms with Crippen molar-refractivity contribution in [1.82, 2.24) is 14.9 Å². The van der Waals surface area contributed by atoms with Gasteiger partial charge in [-0.1, -0.05) is 50.2 Å². The summed E-state index contributed by atoms with van der Waals surface area (Å²) in [6.07, 6.45) is 0. The van der Waals surface area contributed by atoms with Crippen LogP contribution in [0.3, 0.4) is 0 Å². The number of nitrogens with one attached hydrogen (secondary N) is 2. The number of amides is 2. The van der Waals surface area contributed by atoms with Crippen LogP contribution in [0, 0.1) is 0 Å². The summed E-state index contributed by atoms with van der Waals surface area (Å²) in [7, 11) is -3.69. The van der Waals surface area contributed by atoms with Crippen LogP contribution in [0.2, 0.25) is 0 Å². The number of aliphatic hydroxyl groups excluding tert-OH is 1. The van der Waals surface area contributed by atoms with E-state index in [1.807, 2.05) is 30.3 Å². The summed E-state index contributed by atoms with van der Waals surface area (Å²) in [5.74, 6) is -1.20. The van der Waals surface area contributed by atoms with Crippen molar-refractivity contribution in [1.29, 1.82) is 0 Å². The van der Waals surface area contributed by atoms with Crippen LogP contribution in [0.15, 0.2) is 59.5 Å². The Balaban J connectivity index is 1.94. The van der Waals surface area contributed by atoms with Crippen LogP contribution in [0.25, 0.3) is 0 Å². The Bertz CT molecular complexity index is 976. The SMILES string of the molecule is CCN(CC)S(=O)(=O)c1cccc(C(=O)NCC(=O)NCC(CO)c2ccccc2)c1. The van der Waals surface area contributed by atoms with Crippen LogP contribution in [-0.2, 0) is 14.8 Å². The molecule has 0 aliphatic carbocycles. The number of carbonyl (C=O) groups excluding carboxylic acids is 2. The molecule has 1 atom stereocenters. The van der Waals surface area contributed by atoms with E-state index in [4.69, 9.17) is 0 Å². The zero-order valence-corrected chi connectivity index (χ0v) is 18.6. The molecule has 2 rings (SSSR count). The van der Waals surface area contributed by atoms with Gasteiger partial charge in [-0.15, -0.1) is 0 Å². The van der Waals surface area contributed by atoms with Gasteiger partial charge in [0.15, 0.2) is 0 Å². The van der Waals surface area contributed by atoms with Crippen molar-refractivity contribution in [3.05, 3.63) is 65.7 Å². The van der Waals surface area contributed by atoms with Crippen molar-refractivity contribution >= 4 is 21.8 Å². The molecule has 0 radical (unpaired) electrons. The predicted molar refractivity (Wildman–Crippen MR) is 118 cm³/mol. The highest BCUT2D eigenvalue weighted by Crippen LogP contribution is 2.17. The van der Waals surface area contributed by atoms with E-state index in [9.17, 15) is 23.1 Å². The molecule has 9 heteroatoms. The fraction of sp³-hybridized carbons (Fsp3) is 0.364. The van der Waals surface area contributed by atoms with E-state index >= 15 is 0 Å². The van der Waals surface area contributed by atoms with E-state index in [-0.39, 0.29) is 36.1 Å². The molecule has 0 saturated carbocycles. The minimum absolute atomic E-state index is 0.0296. The van der Waals surface area contributed by atoms with Crippen molar-refractivity contribution in [2.24, 2.45) is 0 Å². The Morgan fingerprint density at radius 2 is 1.68 bits per heavy atom. The Labute approximate surface area is 183 Å². The van der Waals surface area contributed by atoms with E-state index in [0.717, 1.165) is 5.56 Å². The third-order valence-corrected chi connectivity index (χ3v) is 6.93. The van der Waals surface area contributed by atoms with Crippen LogP contribution in [0.4, 0.5) is 0 Å². The average molecular weight is 448 g/mol. The molecule has 0 heterocycles. The Morgan fingerprint density at radius 3 is 2.29 bits per heavy atom. The van der Waals surface area contributed by atoms with Crippen LogP contribution in [0.5, 0.6) is 0 Å². The third-order valence-electron chi connectivity index (χ3n) is 4.89. The summed E-state index contributed by atoms with van der Waals surface area (Å²) >= 11 is 0. The molecular formula is C22H29N3O5S. The quantitative estimate of drug-likeness (QED) is 0.481. The maximum Gasteiger partial charge on any atom is 0.251 e. The normalized spacial score (nSPS) is 12.4. The average Bonchev–Trinajstić information content (AvgIpc) is 2.79. The number of carbonyl (C=O) groups is 2. The molecule has 0 bridgehead atoms. The van der Waals surface area contributed by atoms with Crippen molar-refractivity contribution in [2.45, 2.75) is 24.7 Å². The second-order valence-electron chi connectivity index (χ2n) is 6.89. The molecule has 0 aromatic heterocycles.